The number of likely N-dealkylation sites (tertiary alicyclic amines) is 1. The Balaban J connectivity index is 1.70. The van der Waals surface area contributed by atoms with Gasteiger partial charge in [-0.15, -0.1) is 0 Å². The van der Waals surface area contributed by atoms with Crippen molar-refractivity contribution in [3.05, 3.63) is 106 Å². The number of benzene rings is 3. The predicted octanol–water partition coefficient (Wildman–Crippen LogP) is 5.48. The largest absolute Gasteiger partial charge is 0.507 e. The van der Waals surface area contributed by atoms with Crippen LogP contribution < -0.4 is 4.74 Å². The molecule has 3 aromatic carbocycles. The highest BCUT2D eigenvalue weighted by atomic mass is 19.1. The van der Waals surface area contributed by atoms with Gasteiger partial charge in [-0.3, -0.25) is 9.59 Å². The molecule has 0 saturated carbocycles. The van der Waals surface area contributed by atoms with Crippen LogP contribution >= 0.6 is 0 Å². The van der Waals surface area contributed by atoms with Crippen molar-refractivity contribution in [1.29, 1.82) is 0 Å². The average Bonchev–Trinajstić information content (AvgIpc) is 3.18. The van der Waals surface area contributed by atoms with Crippen molar-refractivity contribution in [2.45, 2.75) is 33.4 Å². The average molecular weight is 517 g/mol. The maximum atomic E-state index is 15.0. The lowest BCUT2D eigenvalue weighted by Gasteiger charge is -2.28. The fraction of sp³-hybridized carbons (Fsp3) is 0.290. The van der Waals surface area contributed by atoms with E-state index in [1.54, 1.807) is 36.4 Å². The van der Waals surface area contributed by atoms with E-state index >= 15 is 4.39 Å². The molecule has 1 saturated heterocycles. The number of ether oxygens (including phenoxy) is 1. The number of rotatable bonds is 10. The zero-order valence-electron chi connectivity index (χ0n) is 22.0. The smallest absolute Gasteiger partial charge is 0.295 e. The number of likely N-dealkylation sites (N-methyl/N-ethyl adjacent to an activating group) is 1. The van der Waals surface area contributed by atoms with Crippen molar-refractivity contribution in [3.63, 3.8) is 0 Å². The van der Waals surface area contributed by atoms with Gasteiger partial charge in [0.2, 0.25) is 0 Å². The van der Waals surface area contributed by atoms with Crippen molar-refractivity contribution in [1.82, 2.24) is 9.80 Å². The summed E-state index contributed by atoms with van der Waals surface area (Å²) in [6, 6.07) is 19.9. The molecule has 1 fully saturated rings. The fourth-order valence-electron chi connectivity index (χ4n) is 4.77. The molecule has 198 valence electrons. The molecule has 0 aliphatic carbocycles. The Morgan fingerprint density at radius 3 is 2.34 bits per heavy atom. The molecular weight excluding hydrogens is 483 g/mol. The van der Waals surface area contributed by atoms with Crippen molar-refractivity contribution >= 4 is 17.4 Å². The number of aliphatic hydroxyl groups excluding tert-OH is 1. The van der Waals surface area contributed by atoms with Gasteiger partial charge in [-0.1, -0.05) is 62.4 Å². The second-order valence-electron chi connectivity index (χ2n) is 9.30. The zero-order valence-corrected chi connectivity index (χ0v) is 22.0. The van der Waals surface area contributed by atoms with Crippen LogP contribution in [0.15, 0.2) is 78.4 Å². The SMILES string of the molecule is CCN(CC)CCN1C(=O)C(=O)/C(=C(/O)c2ccc(OCc3ccccc3)c(C)c2)C1c1ccccc1F. The molecule has 1 amide bonds. The van der Waals surface area contributed by atoms with Gasteiger partial charge in [0, 0.05) is 24.2 Å². The van der Waals surface area contributed by atoms with Crippen molar-refractivity contribution < 1.29 is 23.8 Å². The van der Waals surface area contributed by atoms with E-state index in [1.807, 2.05) is 51.1 Å². The first-order valence-electron chi connectivity index (χ1n) is 12.9. The van der Waals surface area contributed by atoms with E-state index in [0.29, 0.717) is 24.5 Å². The Kier molecular flexibility index (Phi) is 8.59. The van der Waals surface area contributed by atoms with Gasteiger partial charge in [-0.05, 0) is 55.4 Å². The second kappa shape index (κ2) is 12.0. The van der Waals surface area contributed by atoms with Gasteiger partial charge in [0.15, 0.2) is 0 Å². The van der Waals surface area contributed by atoms with Crippen molar-refractivity contribution in [3.8, 4) is 5.75 Å². The number of ketones is 1. The molecule has 0 bridgehead atoms. The summed E-state index contributed by atoms with van der Waals surface area (Å²) in [4.78, 5) is 29.9. The maximum absolute atomic E-state index is 15.0. The number of aryl methyl sites for hydroxylation is 1. The lowest BCUT2D eigenvalue weighted by Crippen LogP contribution is -2.38. The first-order valence-corrected chi connectivity index (χ1v) is 12.9. The highest BCUT2D eigenvalue weighted by molar-refractivity contribution is 6.46. The number of aliphatic hydroxyl groups is 1. The number of halogens is 1. The summed E-state index contributed by atoms with van der Waals surface area (Å²) in [6.07, 6.45) is 0. The molecule has 1 aliphatic rings. The molecule has 0 aromatic heterocycles. The third kappa shape index (κ3) is 5.63. The van der Waals surface area contributed by atoms with E-state index in [0.717, 1.165) is 24.2 Å². The summed E-state index contributed by atoms with van der Waals surface area (Å²) in [5.74, 6) is -1.81. The summed E-state index contributed by atoms with van der Waals surface area (Å²) in [6.45, 7) is 8.57. The monoisotopic (exact) mass is 516 g/mol. The highest BCUT2D eigenvalue weighted by Crippen LogP contribution is 2.40. The first kappa shape index (κ1) is 27.1. The molecule has 1 unspecified atom stereocenters. The Labute approximate surface area is 223 Å². The number of Topliss-reactive ketones (excluding diaryl/α,β-unsaturated/α-hetero) is 1. The zero-order chi connectivity index (χ0) is 27.2. The molecular formula is C31H33FN2O4. The maximum Gasteiger partial charge on any atom is 0.295 e. The molecule has 7 heteroatoms. The summed E-state index contributed by atoms with van der Waals surface area (Å²) in [5, 5.41) is 11.3. The number of hydrogen-bond donors (Lipinski definition) is 1. The van der Waals surface area contributed by atoms with Gasteiger partial charge >= 0.3 is 0 Å². The van der Waals surface area contributed by atoms with Crippen LogP contribution in [-0.4, -0.2) is 52.8 Å². The third-order valence-electron chi connectivity index (χ3n) is 6.98. The second-order valence-corrected chi connectivity index (χ2v) is 9.30. The number of hydrogen-bond acceptors (Lipinski definition) is 5. The Morgan fingerprint density at radius 1 is 1.00 bits per heavy atom. The Hall–Kier alpha value is -3.97. The quantitative estimate of drug-likeness (QED) is 0.220. The molecule has 4 rings (SSSR count). The molecule has 0 spiro atoms. The van der Waals surface area contributed by atoms with Crippen molar-refractivity contribution in [2.75, 3.05) is 26.2 Å². The summed E-state index contributed by atoms with van der Waals surface area (Å²) in [5.41, 5.74) is 2.19. The van der Waals surface area contributed by atoms with Crippen LogP contribution in [0, 0.1) is 12.7 Å². The van der Waals surface area contributed by atoms with Gasteiger partial charge in [0.1, 0.15) is 23.9 Å². The van der Waals surface area contributed by atoms with E-state index in [9.17, 15) is 14.7 Å². The Bertz CT molecular complexity index is 1330. The molecule has 1 heterocycles. The molecule has 1 N–H and O–H groups in total. The minimum atomic E-state index is -1.03. The molecule has 3 aromatic rings. The first-order chi connectivity index (χ1) is 18.3. The standard InChI is InChI=1S/C31H33FN2O4/c1-4-33(5-2)17-18-34-28(24-13-9-10-14-25(24)32)27(30(36)31(34)37)29(35)23-15-16-26(21(3)19-23)38-20-22-11-7-6-8-12-22/h6-16,19,28,35H,4-5,17-18,20H2,1-3H3/b29-27+. The van der Waals surface area contributed by atoms with E-state index in [-0.39, 0.29) is 23.4 Å². The predicted molar refractivity (Wildman–Crippen MR) is 145 cm³/mol. The highest BCUT2D eigenvalue weighted by Gasteiger charge is 2.46. The summed E-state index contributed by atoms with van der Waals surface area (Å²) < 4.78 is 20.9. The van der Waals surface area contributed by atoms with E-state index in [2.05, 4.69) is 4.90 Å². The fourth-order valence-corrected chi connectivity index (χ4v) is 4.77. The molecule has 38 heavy (non-hydrogen) atoms. The van der Waals surface area contributed by atoms with Gasteiger partial charge in [0.25, 0.3) is 11.7 Å². The van der Waals surface area contributed by atoms with Crippen LogP contribution in [0.5, 0.6) is 5.75 Å². The number of carbonyl (C=O) groups is 2. The van der Waals surface area contributed by atoms with Crippen LogP contribution in [0.4, 0.5) is 4.39 Å². The Morgan fingerprint density at radius 2 is 1.68 bits per heavy atom. The molecule has 1 aliphatic heterocycles. The minimum absolute atomic E-state index is 0.114. The summed E-state index contributed by atoms with van der Waals surface area (Å²) in [7, 11) is 0. The van der Waals surface area contributed by atoms with Crippen LogP contribution in [-0.2, 0) is 16.2 Å². The van der Waals surface area contributed by atoms with Crippen molar-refractivity contribution in [2.24, 2.45) is 0 Å². The normalized spacial score (nSPS) is 16.9. The lowest BCUT2D eigenvalue weighted by molar-refractivity contribution is -0.140. The van der Waals surface area contributed by atoms with Gasteiger partial charge in [-0.2, -0.15) is 0 Å². The third-order valence-corrected chi connectivity index (χ3v) is 6.98. The van der Waals surface area contributed by atoms with Crippen LogP contribution in [0.3, 0.4) is 0 Å². The summed E-state index contributed by atoms with van der Waals surface area (Å²) >= 11 is 0. The van der Waals surface area contributed by atoms with Gasteiger partial charge in [0.05, 0.1) is 11.6 Å². The minimum Gasteiger partial charge on any atom is -0.507 e. The van der Waals surface area contributed by atoms with E-state index in [4.69, 9.17) is 4.74 Å². The lowest BCUT2D eigenvalue weighted by atomic mass is 9.94. The number of amides is 1. The molecule has 1 atom stereocenters. The molecule has 0 radical (unpaired) electrons. The van der Waals surface area contributed by atoms with Gasteiger partial charge in [-0.25, -0.2) is 4.39 Å². The number of nitrogens with zero attached hydrogens (tertiary/aromatic N) is 2. The van der Waals surface area contributed by atoms with E-state index < -0.39 is 23.5 Å². The van der Waals surface area contributed by atoms with Crippen LogP contribution in [0.1, 0.15) is 42.1 Å². The van der Waals surface area contributed by atoms with E-state index in [1.165, 1.54) is 11.0 Å². The van der Waals surface area contributed by atoms with Gasteiger partial charge < -0.3 is 19.6 Å². The topological polar surface area (TPSA) is 70.1 Å². The van der Waals surface area contributed by atoms with Crippen LogP contribution in [0.25, 0.3) is 5.76 Å². The number of carbonyl (C=O) groups excluding carboxylic acids is 2. The molecule has 6 nitrogen and oxygen atoms in total. The van der Waals surface area contributed by atoms with Crippen LogP contribution in [0.2, 0.25) is 0 Å².